The highest BCUT2D eigenvalue weighted by atomic mass is 19.3. The number of rotatable bonds is 3. The van der Waals surface area contributed by atoms with Crippen LogP contribution >= 0.6 is 0 Å². The number of nitrogens with two attached hydrogens (primary N) is 1. The molecule has 2 nitrogen and oxygen atoms in total. The molecule has 0 heterocycles. The Hall–Kier alpha value is -1.16. The summed E-state index contributed by atoms with van der Waals surface area (Å²) in [6, 6.07) is 5.17. The first-order valence-corrected chi connectivity index (χ1v) is 5.48. The van der Waals surface area contributed by atoms with E-state index in [0.29, 0.717) is 12.5 Å². The van der Waals surface area contributed by atoms with Crippen LogP contribution in [0.4, 0.5) is 8.78 Å². The standard InChI is InChI=1S/C12H15F2NO/c13-12(14)16-10-4-5-11-8(6-10)2-1-3-9(11)7-15/h4-6,9,12H,1-3,7,15H2. The Balaban J connectivity index is 2.24. The van der Waals surface area contributed by atoms with Crippen molar-refractivity contribution in [2.45, 2.75) is 31.8 Å². The van der Waals surface area contributed by atoms with E-state index in [9.17, 15) is 8.78 Å². The van der Waals surface area contributed by atoms with Gasteiger partial charge >= 0.3 is 6.61 Å². The molecule has 1 atom stereocenters. The minimum Gasteiger partial charge on any atom is -0.435 e. The summed E-state index contributed by atoms with van der Waals surface area (Å²) in [7, 11) is 0. The van der Waals surface area contributed by atoms with Crippen LogP contribution in [-0.2, 0) is 6.42 Å². The molecule has 1 unspecified atom stereocenters. The topological polar surface area (TPSA) is 35.2 Å². The first kappa shape index (κ1) is 11.3. The second kappa shape index (κ2) is 4.78. The van der Waals surface area contributed by atoms with Crippen molar-refractivity contribution in [3.8, 4) is 5.75 Å². The number of hydrogen-bond donors (Lipinski definition) is 1. The maximum Gasteiger partial charge on any atom is 0.387 e. The van der Waals surface area contributed by atoms with Gasteiger partial charge in [0.25, 0.3) is 0 Å². The van der Waals surface area contributed by atoms with Crippen LogP contribution in [0.1, 0.15) is 29.9 Å². The van der Waals surface area contributed by atoms with Gasteiger partial charge in [-0.15, -0.1) is 0 Å². The van der Waals surface area contributed by atoms with Crippen LogP contribution in [0.15, 0.2) is 18.2 Å². The highest BCUT2D eigenvalue weighted by Gasteiger charge is 2.19. The molecule has 0 saturated heterocycles. The normalized spacial score (nSPS) is 19.6. The van der Waals surface area contributed by atoms with E-state index in [1.807, 2.05) is 6.07 Å². The van der Waals surface area contributed by atoms with Crippen LogP contribution in [0.3, 0.4) is 0 Å². The van der Waals surface area contributed by atoms with Crippen molar-refractivity contribution in [2.24, 2.45) is 5.73 Å². The predicted octanol–water partition coefficient (Wildman–Crippen LogP) is 2.67. The Labute approximate surface area is 93.4 Å². The highest BCUT2D eigenvalue weighted by Crippen LogP contribution is 2.33. The van der Waals surface area contributed by atoms with Gasteiger partial charge in [0.15, 0.2) is 0 Å². The molecule has 1 aromatic carbocycles. The van der Waals surface area contributed by atoms with E-state index in [4.69, 9.17) is 5.73 Å². The Morgan fingerprint density at radius 1 is 1.44 bits per heavy atom. The van der Waals surface area contributed by atoms with Crippen molar-refractivity contribution in [3.05, 3.63) is 29.3 Å². The largest absolute Gasteiger partial charge is 0.435 e. The van der Waals surface area contributed by atoms with E-state index < -0.39 is 6.61 Å². The zero-order valence-electron chi connectivity index (χ0n) is 8.96. The van der Waals surface area contributed by atoms with Crippen molar-refractivity contribution in [3.63, 3.8) is 0 Å². The van der Waals surface area contributed by atoms with Gasteiger partial charge in [-0.3, -0.25) is 0 Å². The van der Waals surface area contributed by atoms with Crippen LogP contribution in [0.5, 0.6) is 5.75 Å². The summed E-state index contributed by atoms with van der Waals surface area (Å²) in [5.41, 5.74) is 7.97. The molecule has 1 aliphatic rings. The lowest BCUT2D eigenvalue weighted by Crippen LogP contribution is -2.18. The van der Waals surface area contributed by atoms with E-state index in [1.165, 1.54) is 5.56 Å². The molecule has 0 saturated carbocycles. The van der Waals surface area contributed by atoms with Crippen LogP contribution in [0.2, 0.25) is 0 Å². The van der Waals surface area contributed by atoms with Crippen molar-refractivity contribution < 1.29 is 13.5 Å². The second-order valence-corrected chi connectivity index (χ2v) is 4.06. The minimum absolute atomic E-state index is 0.242. The van der Waals surface area contributed by atoms with Crippen LogP contribution < -0.4 is 10.5 Å². The zero-order valence-corrected chi connectivity index (χ0v) is 8.96. The number of fused-ring (bicyclic) bond motifs is 1. The maximum atomic E-state index is 12.1. The van der Waals surface area contributed by atoms with Gasteiger partial charge in [-0.1, -0.05) is 6.07 Å². The second-order valence-electron chi connectivity index (χ2n) is 4.06. The molecule has 0 amide bonds. The molecular weight excluding hydrogens is 212 g/mol. The summed E-state index contributed by atoms with van der Waals surface area (Å²) in [4.78, 5) is 0. The molecule has 1 aliphatic carbocycles. The SMILES string of the molecule is NCC1CCCc2cc(OC(F)F)ccc21. The van der Waals surface area contributed by atoms with Gasteiger partial charge in [0.2, 0.25) is 0 Å². The third-order valence-electron chi connectivity index (χ3n) is 3.06. The lowest BCUT2D eigenvalue weighted by molar-refractivity contribution is -0.0499. The molecule has 0 radical (unpaired) electrons. The summed E-state index contributed by atoms with van der Waals surface area (Å²) >= 11 is 0. The molecule has 1 aromatic rings. The molecule has 0 aromatic heterocycles. The van der Waals surface area contributed by atoms with Gasteiger partial charge < -0.3 is 10.5 Å². The number of hydrogen-bond acceptors (Lipinski definition) is 2. The Kier molecular flexibility index (Phi) is 3.39. The fourth-order valence-electron chi connectivity index (χ4n) is 2.31. The molecular formula is C12H15F2NO. The Morgan fingerprint density at radius 2 is 2.25 bits per heavy atom. The summed E-state index contributed by atoms with van der Waals surface area (Å²) < 4.78 is 28.5. The number of aryl methyl sites for hydroxylation is 1. The van der Waals surface area contributed by atoms with Gasteiger partial charge in [0, 0.05) is 0 Å². The molecule has 0 spiro atoms. The van der Waals surface area contributed by atoms with Gasteiger partial charge in [0.1, 0.15) is 5.75 Å². The van der Waals surface area contributed by atoms with E-state index >= 15 is 0 Å². The summed E-state index contributed by atoms with van der Waals surface area (Å²) in [6.45, 7) is -2.14. The number of benzene rings is 1. The summed E-state index contributed by atoms with van der Waals surface area (Å²) in [5.74, 6) is 0.607. The van der Waals surface area contributed by atoms with E-state index in [2.05, 4.69) is 4.74 Å². The quantitative estimate of drug-likeness (QED) is 0.861. The first-order valence-electron chi connectivity index (χ1n) is 5.48. The first-order chi connectivity index (χ1) is 7.70. The molecule has 2 N–H and O–H groups in total. The minimum atomic E-state index is -2.76. The van der Waals surface area contributed by atoms with Crippen molar-refractivity contribution in [2.75, 3.05) is 6.54 Å². The third kappa shape index (κ3) is 2.32. The van der Waals surface area contributed by atoms with Crippen molar-refractivity contribution in [1.82, 2.24) is 0 Å². The molecule has 0 aliphatic heterocycles. The van der Waals surface area contributed by atoms with E-state index in [-0.39, 0.29) is 5.75 Å². The van der Waals surface area contributed by atoms with E-state index in [0.717, 1.165) is 24.8 Å². The molecule has 0 fully saturated rings. The molecule has 16 heavy (non-hydrogen) atoms. The Morgan fingerprint density at radius 3 is 2.94 bits per heavy atom. The highest BCUT2D eigenvalue weighted by molar-refractivity contribution is 5.39. The summed E-state index contributed by atoms with van der Waals surface area (Å²) in [6.07, 6.45) is 3.07. The van der Waals surface area contributed by atoms with Crippen LogP contribution in [-0.4, -0.2) is 13.2 Å². The average Bonchev–Trinajstić information content (AvgIpc) is 2.27. The zero-order chi connectivity index (χ0) is 11.5. The lowest BCUT2D eigenvalue weighted by Gasteiger charge is -2.24. The van der Waals surface area contributed by atoms with Gasteiger partial charge in [0.05, 0.1) is 0 Å². The lowest BCUT2D eigenvalue weighted by atomic mass is 9.83. The fraction of sp³-hybridized carbons (Fsp3) is 0.500. The average molecular weight is 227 g/mol. The van der Waals surface area contributed by atoms with Crippen LogP contribution in [0.25, 0.3) is 0 Å². The Bertz CT molecular complexity index is 368. The number of ether oxygens (including phenoxy) is 1. The van der Waals surface area contributed by atoms with E-state index in [1.54, 1.807) is 12.1 Å². The van der Waals surface area contributed by atoms with Crippen LogP contribution in [0, 0.1) is 0 Å². The monoisotopic (exact) mass is 227 g/mol. The van der Waals surface area contributed by atoms with Gasteiger partial charge in [-0.2, -0.15) is 8.78 Å². The smallest absolute Gasteiger partial charge is 0.387 e. The fourth-order valence-corrected chi connectivity index (χ4v) is 2.31. The van der Waals surface area contributed by atoms with Gasteiger partial charge in [-0.25, -0.2) is 0 Å². The van der Waals surface area contributed by atoms with Crippen molar-refractivity contribution in [1.29, 1.82) is 0 Å². The molecule has 4 heteroatoms. The number of halogens is 2. The molecule has 88 valence electrons. The van der Waals surface area contributed by atoms with Gasteiger partial charge in [-0.05, 0) is 55.0 Å². The predicted molar refractivity (Wildman–Crippen MR) is 57.8 cm³/mol. The molecule has 0 bridgehead atoms. The third-order valence-corrected chi connectivity index (χ3v) is 3.06. The number of alkyl halides is 2. The summed E-state index contributed by atoms with van der Waals surface area (Å²) in [5, 5.41) is 0. The van der Waals surface area contributed by atoms with Crippen molar-refractivity contribution >= 4 is 0 Å². The molecule has 2 rings (SSSR count). The maximum absolute atomic E-state index is 12.1.